The fourth-order valence-corrected chi connectivity index (χ4v) is 2.48. The number of anilines is 1. The van der Waals surface area contributed by atoms with Gasteiger partial charge >= 0.3 is 5.97 Å². The molecule has 0 aliphatic heterocycles. The van der Waals surface area contributed by atoms with E-state index < -0.39 is 24.3 Å². The van der Waals surface area contributed by atoms with Crippen LogP contribution in [0.1, 0.15) is 10.4 Å². The molecule has 1 N–H and O–H groups in total. The highest BCUT2D eigenvalue weighted by Gasteiger charge is 2.12. The van der Waals surface area contributed by atoms with Gasteiger partial charge in [-0.25, -0.2) is 9.18 Å². The number of hydrogen-bond acceptors (Lipinski definition) is 3. The van der Waals surface area contributed by atoms with Crippen molar-refractivity contribution in [3.05, 3.63) is 61.9 Å². The molecule has 0 atom stereocenters. The molecule has 0 unspecified atom stereocenters. The Morgan fingerprint density at radius 2 is 2.00 bits per heavy atom. The monoisotopic (exact) mass is 477 g/mol. The molecule has 0 aromatic heterocycles. The van der Waals surface area contributed by atoms with E-state index in [0.717, 1.165) is 3.57 Å². The van der Waals surface area contributed by atoms with Gasteiger partial charge in [-0.15, -0.1) is 0 Å². The molecule has 114 valence electrons. The Morgan fingerprint density at radius 3 is 2.68 bits per heavy atom. The van der Waals surface area contributed by atoms with Crippen molar-refractivity contribution in [1.29, 1.82) is 0 Å². The topological polar surface area (TPSA) is 55.4 Å². The zero-order valence-corrected chi connectivity index (χ0v) is 14.9. The Labute approximate surface area is 148 Å². The number of nitrogens with one attached hydrogen (secondary N) is 1. The van der Waals surface area contributed by atoms with Gasteiger partial charge in [0, 0.05) is 8.04 Å². The molecule has 0 saturated heterocycles. The number of hydrogen-bond donors (Lipinski definition) is 1. The summed E-state index contributed by atoms with van der Waals surface area (Å²) in [6, 6.07) is 11.0. The molecule has 0 bridgehead atoms. The lowest BCUT2D eigenvalue weighted by Gasteiger charge is -2.08. The predicted molar refractivity (Wildman–Crippen MR) is 92.2 cm³/mol. The van der Waals surface area contributed by atoms with Crippen LogP contribution < -0.4 is 5.32 Å². The summed E-state index contributed by atoms with van der Waals surface area (Å²) in [5.41, 5.74) is 0.382. The van der Waals surface area contributed by atoms with Gasteiger partial charge in [0.2, 0.25) is 0 Å². The Kier molecular flexibility index (Phi) is 5.90. The minimum absolute atomic E-state index is 0.0264. The Morgan fingerprint density at radius 1 is 1.23 bits per heavy atom. The number of ether oxygens (including phenoxy) is 1. The van der Waals surface area contributed by atoms with Gasteiger partial charge in [-0.1, -0.05) is 22.0 Å². The van der Waals surface area contributed by atoms with Crippen LogP contribution in [-0.2, 0) is 9.53 Å². The zero-order valence-electron chi connectivity index (χ0n) is 11.1. The minimum Gasteiger partial charge on any atom is -0.452 e. The van der Waals surface area contributed by atoms with Gasteiger partial charge in [0.05, 0.1) is 11.3 Å². The van der Waals surface area contributed by atoms with Crippen LogP contribution in [0.2, 0.25) is 0 Å². The normalized spacial score (nSPS) is 10.1. The molecule has 2 aromatic carbocycles. The molecule has 2 rings (SSSR count). The zero-order chi connectivity index (χ0) is 16.1. The summed E-state index contributed by atoms with van der Waals surface area (Å²) in [7, 11) is 0. The predicted octanol–water partition coefficient (Wildman–Crippen LogP) is 3.99. The SMILES string of the molecule is O=C(COC(=O)c1cccc(I)c1)Nc1ccc(Br)cc1F. The van der Waals surface area contributed by atoms with E-state index in [-0.39, 0.29) is 5.69 Å². The van der Waals surface area contributed by atoms with Crippen LogP contribution in [0.5, 0.6) is 0 Å². The average Bonchev–Trinajstić information content (AvgIpc) is 2.47. The Bertz CT molecular complexity index is 724. The summed E-state index contributed by atoms with van der Waals surface area (Å²) in [4.78, 5) is 23.5. The van der Waals surface area contributed by atoms with E-state index in [4.69, 9.17) is 4.74 Å². The van der Waals surface area contributed by atoms with E-state index in [2.05, 4.69) is 43.8 Å². The van der Waals surface area contributed by atoms with Gasteiger partial charge in [-0.3, -0.25) is 4.79 Å². The van der Waals surface area contributed by atoms with E-state index >= 15 is 0 Å². The van der Waals surface area contributed by atoms with Crippen LogP contribution >= 0.6 is 38.5 Å². The van der Waals surface area contributed by atoms with Crippen LogP contribution in [-0.4, -0.2) is 18.5 Å². The third-order valence-electron chi connectivity index (χ3n) is 2.60. The molecule has 0 fully saturated rings. The molecule has 22 heavy (non-hydrogen) atoms. The molecule has 1 amide bonds. The lowest BCUT2D eigenvalue weighted by atomic mass is 10.2. The molecule has 7 heteroatoms. The molecular formula is C15H10BrFINO3. The third-order valence-corrected chi connectivity index (χ3v) is 3.76. The standard InChI is InChI=1S/C15H10BrFINO3/c16-10-4-5-13(12(17)7-10)19-14(20)8-22-15(21)9-2-1-3-11(18)6-9/h1-7H,8H2,(H,19,20). The first kappa shape index (κ1) is 16.9. The summed E-state index contributed by atoms with van der Waals surface area (Å²) in [5, 5.41) is 2.34. The number of halogens is 3. The van der Waals surface area contributed by atoms with Gasteiger partial charge in [-0.05, 0) is 59.0 Å². The van der Waals surface area contributed by atoms with Gasteiger partial charge in [-0.2, -0.15) is 0 Å². The first-order valence-electron chi connectivity index (χ1n) is 6.13. The van der Waals surface area contributed by atoms with Crippen LogP contribution in [0.25, 0.3) is 0 Å². The number of rotatable bonds is 4. The van der Waals surface area contributed by atoms with Crippen LogP contribution in [0.4, 0.5) is 10.1 Å². The maximum absolute atomic E-state index is 13.6. The highest BCUT2D eigenvalue weighted by atomic mass is 127. The van der Waals surface area contributed by atoms with Crippen molar-refractivity contribution in [3.8, 4) is 0 Å². The molecule has 0 radical (unpaired) electrons. The maximum atomic E-state index is 13.6. The molecule has 4 nitrogen and oxygen atoms in total. The summed E-state index contributed by atoms with van der Waals surface area (Å²) >= 11 is 5.19. The fourth-order valence-electron chi connectivity index (χ4n) is 1.61. The first-order chi connectivity index (χ1) is 10.5. The van der Waals surface area contributed by atoms with E-state index in [9.17, 15) is 14.0 Å². The summed E-state index contributed by atoms with van der Waals surface area (Å²) in [6.45, 7) is -0.486. The van der Waals surface area contributed by atoms with Gasteiger partial charge < -0.3 is 10.1 Å². The average molecular weight is 478 g/mol. The molecule has 0 heterocycles. The number of benzene rings is 2. The quantitative estimate of drug-likeness (QED) is 0.535. The highest BCUT2D eigenvalue weighted by Crippen LogP contribution is 2.19. The third kappa shape index (κ3) is 4.77. The Hall–Kier alpha value is -1.48. The maximum Gasteiger partial charge on any atom is 0.338 e. The molecule has 0 aliphatic carbocycles. The fraction of sp³-hybridized carbons (Fsp3) is 0.0667. The van der Waals surface area contributed by atoms with Gasteiger partial charge in [0.15, 0.2) is 6.61 Å². The largest absolute Gasteiger partial charge is 0.452 e. The summed E-state index contributed by atoms with van der Waals surface area (Å²) in [5.74, 6) is -1.79. The van der Waals surface area contributed by atoms with Crippen molar-refractivity contribution in [3.63, 3.8) is 0 Å². The lowest BCUT2D eigenvalue weighted by Crippen LogP contribution is -2.21. The van der Waals surface area contributed by atoms with Crippen molar-refractivity contribution in [2.24, 2.45) is 0 Å². The van der Waals surface area contributed by atoms with Crippen molar-refractivity contribution in [2.75, 3.05) is 11.9 Å². The molecule has 0 spiro atoms. The highest BCUT2D eigenvalue weighted by molar-refractivity contribution is 14.1. The second kappa shape index (κ2) is 7.68. The van der Waals surface area contributed by atoms with E-state index in [0.29, 0.717) is 10.0 Å². The number of carbonyl (C=O) groups is 2. The van der Waals surface area contributed by atoms with Crippen LogP contribution in [0.15, 0.2) is 46.9 Å². The van der Waals surface area contributed by atoms with E-state index in [1.807, 2.05) is 6.07 Å². The molecular weight excluding hydrogens is 468 g/mol. The second-order valence-electron chi connectivity index (χ2n) is 4.26. The number of esters is 1. The smallest absolute Gasteiger partial charge is 0.338 e. The van der Waals surface area contributed by atoms with Crippen molar-refractivity contribution >= 4 is 56.1 Å². The minimum atomic E-state index is -0.611. The Balaban J connectivity index is 1.91. The lowest BCUT2D eigenvalue weighted by molar-refractivity contribution is -0.119. The molecule has 0 saturated carbocycles. The summed E-state index contributed by atoms with van der Waals surface area (Å²) < 4.78 is 19.9. The van der Waals surface area contributed by atoms with Crippen molar-refractivity contribution < 1.29 is 18.7 Å². The van der Waals surface area contributed by atoms with Crippen LogP contribution in [0.3, 0.4) is 0 Å². The van der Waals surface area contributed by atoms with Crippen molar-refractivity contribution in [2.45, 2.75) is 0 Å². The van der Waals surface area contributed by atoms with E-state index in [1.165, 1.54) is 12.1 Å². The van der Waals surface area contributed by atoms with Gasteiger partial charge in [0.25, 0.3) is 5.91 Å². The van der Waals surface area contributed by atoms with E-state index in [1.54, 1.807) is 24.3 Å². The molecule has 0 aliphatic rings. The first-order valence-corrected chi connectivity index (χ1v) is 8.00. The number of amides is 1. The number of carbonyl (C=O) groups excluding carboxylic acids is 2. The van der Waals surface area contributed by atoms with Crippen LogP contribution in [0, 0.1) is 9.39 Å². The second-order valence-corrected chi connectivity index (χ2v) is 6.42. The van der Waals surface area contributed by atoms with Gasteiger partial charge in [0.1, 0.15) is 5.82 Å². The summed E-state index contributed by atoms with van der Waals surface area (Å²) in [6.07, 6.45) is 0. The molecule has 2 aromatic rings. The van der Waals surface area contributed by atoms with Crippen molar-refractivity contribution in [1.82, 2.24) is 0 Å².